The van der Waals surface area contributed by atoms with Crippen molar-refractivity contribution in [3.8, 4) is 5.75 Å². The molecule has 4 rings (SSSR count). The van der Waals surface area contributed by atoms with E-state index >= 15 is 0 Å². The van der Waals surface area contributed by atoms with Crippen LogP contribution < -0.4 is 0 Å². The number of nitrogens with one attached hydrogen (secondary N) is 1. The summed E-state index contributed by atoms with van der Waals surface area (Å²) in [6, 6.07) is 16.8. The van der Waals surface area contributed by atoms with Crippen molar-refractivity contribution in [3.63, 3.8) is 0 Å². The summed E-state index contributed by atoms with van der Waals surface area (Å²) in [5, 5.41) is 10.9. The van der Waals surface area contributed by atoms with E-state index in [-0.39, 0.29) is 0 Å². The first-order valence-electron chi connectivity index (χ1n) is 7.83. The Labute approximate surface area is 130 Å². The predicted molar refractivity (Wildman–Crippen MR) is 88.9 cm³/mol. The maximum absolute atomic E-state index is 9.60. The van der Waals surface area contributed by atoms with Crippen LogP contribution in [0, 0.1) is 0 Å². The highest BCUT2D eigenvalue weighted by Crippen LogP contribution is 2.30. The highest BCUT2D eigenvalue weighted by atomic mass is 16.3. The minimum Gasteiger partial charge on any atom is -0.508 e. The number of H-pyrrole nitrogens is 1. The zero-order chi connectivity index (χ0) is 15.1. The number of hydrogen-bond donors (Lipinski definition) is 2. The molecule has 1 aromatic heterocycles. The summed E-state index contributed by atoms with van der Waals surface area (Å²) in [5.74, 6) is 0.371. The van der Waals surface area contributed by atoms with Gasteiger partial charge in [-0.25, -0.2) is 0 Å². The fourth-order valence-electron chi connectivity index (χ4n) is 3.41. The Kier molecular flexibility index (Phi) is 3.16. The number of aromatic hydroxyl groups is 1. The number of fused-ring (bicyclic) bond motifs is 2. The normalized spacial score (nSPS) is 16.6. The van der Waals surface area contributed by atoms with E-state index in [2.05, 4.69) is 53.2 Å². The van der Waals surface area contributed by atoms with E-state index in [0.717, 1.165) is 19.5 Å². The van der Waals surface area contributed by atoms with Crippen LogP contribution in [-0.2, 0) is 13.0 Å². The lowest BCUT2D eigenvalue weighted by Gasteiger charge is -2.33. The zero-order valence-corrected chi connectivity index (χ0v) is 12.7. The molecular formula is C19H20N2O. The van der Waals surface area contributed by atoms with Gasteiger partial charge in [-0.15, -0.1) is 0 Å². The van der Waals surface area contributed by atoms with Gasteiger partial charge in [0.2, 0.25) is 0 Å². The molecule has 1 unspecified atom stereocenters. The van der Waals surface area contributed by atoms with Gasteiger partial charge in [-0.3, -0.25) is 4.90 Å². The quantitative estimate of drug-likeness (QED) is 0.749. The van der Waals surface area contributed by atoms with Gasteiger partial charge in [-0.2, -0.15) is 0 Å². The van der Waals surface area contributed by atoms with Crippen LogP contribution in [0.4, 0.5) is 0 Å². The predicted octanol–water partition coefficient (Wildman–Crippen LogP) is 3.99. The highest BCUT2D eigenvalue weighted by Gasteiger charge is 2.22. The Hall–Kier alpha value is -2.26. The zero-order valence-electron chi connectivity index (χ0n) is 12.7. The standard InChI is InChI=1S/C19H20N2O/c1-13(19-11-15-4-2-3-5-18(15)20-19)21-9-8-14-10-17(22)7-6-16(14)12-21/h2-7,10-11,13,20,22H,8-9,12H2,1H3. The monoisotopic (exact) mass is 292 g/mol. The van der Waals surface area contributed by atoms with Gasteiger partial charge in [-0.1, -0.05) is 24.3 Å². The molecule has 0 saturated carbocycles. The smallest absolute Gasteiger partial charge is 0.115 e. The van der Waals surface area contributed by atoms with E-state index in [4.69, 9.17) is 0 Å². The van der Waals surface area contributed by atoms with E-state index in [9.17, 15) is 5.11 Å². The lowest BCUT2D eigenvalue weighted by molar-refractivity contribution is 0.189. The van der Waals surface area contributed by atoms with E-state index < -0.39 is 0 Å². The first-order valence-corrected chi connectivity index (χ1v) is 7.83. The van der Waals surface area contributed by atoms with Crippen molar-refractivity contribution < 1.29 is 5.11 Å². The van der Waals surface area contributed by atoms with Gasteiger partial charge in [0.1, 0.15) is 5.75 Å². The number of benzene rings is 2. The molecule has 1 aliphatic heterocycles. The van der Waals surface area contributed by atoms with Crippen LogP contribution in [0.1, 0.15) is 29.8 Å². The molecule has 2 N–H and O–H groups in total. The Morgan fingerprint density at radius 1 is 1.09 bits per heavy atom. The van der Waals surface area contributed by atoms with Crippen molar-refractivity contribution in [1.29, 1.82) is 0 Å². The van der Waals surface area contributed by atoms with Gasteiger partial charge in [0.15, 0.2) is 0 Å². The van der Waals surface area contributed by atoms with Crippen LogP contribution in [-0.4, -0.2) is 21.5 Å². The number of phenols is 1. The van der Waals surface area contributed by atoms with Gasteiger partial charge in [0, 0.05) is 30.3 Å². The fraction of sp³-hybridized carbons (Fsp3) is 0.263. The van der Waals surface area contributed by atoms with E-state index in [1.807, 2.05) is 6.07 Å². The number of hydrogen-bond acceptors (Lipinski definition) is 2. The molecule has 112 valence electrons. The molecule has 3 aromatic rings. The number of nitrogens with zero attached hydrogens (tertiary/aromatic N) is 1. The molecule has 0 fully saturated rings. The van der Waals surface area contributed by atoms with Crippen LogP contribution in [0.2, 0.25) is 0 Å². The first-order chi connectivity index (χ1) is 10.7. The molecule has 0 bridgehead atoms. The van der Waals surface area contributed by atoms with Crippen LogP contribution in [0.5, 0.6) is 5.75 Å². The summed E-state index contributed by atoms with van der Waals surface area (Å²) in [6.45, 7) is 4.22. The van der Waals surface area contributed by atoms with Crippen molar-refractivity contribution in [3.05, 3.63) is 65.4 Å². The second-order valence-corrected chi connectivity index (χ2v) is 6.16. The molecule has 3 heteroatoms. The summed E-state index contributed by atoms with van der Waals surface area (Å²) in [6.07, 6.45) is 0.994. The summed E-state index contributed by atoms with van der Waals surface area (Å²) < 4.78 is 0. The summed E-state index contributed by atoms with van der Waals surface area (Å²) in [7, 11) is 0. The Bertz CT molecular complexity index is 788. The number of aromatic amines is 1. The Morgan fingerprint density at radius 2 is 1.95 bits per heavy atom. The molecule has 1 atom stereocenters. The Balaban J connectivity index is 1.60. The van der Waals surface area contributed by atoms with Crippen LogP contribution in [0.15, 0.2) is 48.5 Å². The molecule has 22 heavy (non-hydrogen) atoms. The van der Waals surface area contributed by atoms with Crippen LogP contribution in [0.25, 0.3) is 10.9 Å². The minimum atomic E-state index is 0.356. The van der Waals surface area contributed by atoms with Crippen molar-refractivity contribution in [1.82, 2.24) is 9.88 Å². The highest BCUT2D eigenvalue weighted by molar-refractivity contribution is 5.80. The largest absolute Gasteiger partial charge is 0.508 e. The van der Waals surface area contributed by atoms with E-state index in [0.29, 0.717) is 11.8 Å². The maximum atomic E-state index is 9.60. The van der Waals surface area contributed by atoms with Gasteiger partial charge in [0.25, 0.3) is 0 Å². The van der Waals surface area contributed by atoms with E-state index in [1.54, 1.807) is 6.07 Å². The van der Waals surface area contributed by atoms with Crippen molar-refractivity contribution in [2.24, 2.45) is 0 Å². The number of para-hydroxylation sites is 1. The summed E-state index contributed by atoms with van der Waals surface area (Å²) in [4.78, 5) is 6.03. The summed E-state index contributed by atoms with van der Waals surface area (Å²) in [5.41, 5.74) is 5.07. The first kappa shape index (κ1) is 13.4. The molecule has 0 amide bonds. The van der Waals surface area contributed by atoms with Crippen molar-refractivity contribution in [2.45, 2.75) is 25.9 Å². The number of aromatic nitrogens is 1. The molecule has 2 heterocycles. The Morgan fingerprint density at radius 3 is 2.82 bits per heavy atom. The fourth-order valence-corrected chi connectivity index (χ4v) is 3.41. The van der Waals surface area contributed by atoms with Gasteiger partial charge >= 0.3 is 0 Å². The SMILES string of the molecule is CC(c1cc2ccccc2[nH]1)N1CCc2cc(O)ccc2C1. The molecule has 0 aliphatic carbocycles. The third kappa shape index (κ3) is 2.28. The molecule has 1 aliphatic rings. The van der Waals surface area contributed by atoms with Crippen molar-refractivity contribution >= 4 is 10.9 Å². The van der Waals surface area contributed by atoms with Gasteiger partial charge in [0.05, 0.1) is 0 Å². The molecule has 0 spiro atoms. The van der Waals surface area contributed by atoms with Crippen LogP contribution >= 0.6 is 0 Å². The number of rotatable bonds is 2. The topological polar surface area (TPSA) is 39.3 Å². The third-order valence-electron chi connectivity index (χ3n) is 4.78. The van der Waals surface area contributed by atoms with E-state index in [1.165, 1.54) is 27.7 Å². The molecule has 2 aromatic carbocycles. The number of phenolic OH excluding ortho intramolecular Hbond substituents is 1. The minimum absolute atomic E-state index is 0.356. The van der Waals surface area contributed by atoms with Gasteiger partial charge in [-0.05, 0) is 54.1 Å². The lowest BCUT2D eigenvalue weighted by Crippen LogP contribution is -2.33. The van der Waals surface area contributed by atoms with Crippen LogP contribution in [0.3, 0.4) is 0 Å². The molecular weight excluding hydrogens is 272 g/mol. The second kappa shape index (κ2) is 5.18. The molecule has 0 radical (unpaired) electrons. The average molecular weight is 292 g/mol. The second-order valence-electron chi connectivity index (χ2n) is 6.16. The molecule has 0 saturated heterocycles. The van der Waals surface area contributed by atoms with Crippen molar-refractivity contribution in [2.75, 3.05) is 6.54 Å². The van der Waals surface area contributed by atoms with Gasteiger partial charge < -0.3 is 10.1 Å². The lowest BCUT2D eigenvalue weighted by atomic mass is 9.98. The maximum Gasteiger partial charge on any atom is 0.115 e. The summed E-state index contributed by atoms with van der Waals surface area (Å²) >= 11 is 0. The average Bonchev–Trinajstić information content (AvgIpc) is 2.97. The molecule has 3 nitrogen and oxygen atoms in total. The third-order valence-corrected chi connectivity index (χ3v) is 4.78.